The van der Waals surface area contributed by atoms with Crippen LogP contribution in [0.4, 0.5) is 20.3 Å². The fourth-order valence-corrected chi connectivity index (χ4v) is 3.56. The third-order valence-corrected chi connectivity index (χ3v) is 5.48. The van der Waals surface area contributed by atoms with Crippen LogP contribution in [0, 0.1) is 11.6 Å². The number of carbonyl (C=O) groups is 1. The molecule has 0 saturated carbocycles. The molecule has 0 bridgehead atoms. The second-order valence-electron chi connectivity index (χ2n) is 8.08. The number of hydrogen-bond acceptors (Lipinski definition) is 5. The summed E-state index contributed by atoms with van der Waals surface area (Å²) in [6.07, 6.45) is 1.43. The highest BCUT2D eigenvalue weighted by Gasteiger charge is 2.29. The van der Waals surface area contributed by atoms with Crippen LogP contribution in [0.2, 0.25) is 0 Å². The number of halogens is 2. The first kappa shape index (κ1) is 22.2. The van der Waals surface area contributed by atoms with E-state index in [1.54, 1.807) is 12.1 Å². The molecule has 170 valence electrons. The van der Waals surface area contributed by atoms with Gasteiger partial charge in [0.15, 0.2) is 5.82 Å². The molecule has 0 atom stereocenters. The molecule has 0 aliphatic rings. The lowest BCUT2D eigenvalue weighted by Crippen LogP contribution is -2.39. The first-order valence-corrected chi connectivity index (χ1v) is 10.4. The molecule has 33 heavy (non-hydrogen) atoms. The lowest BCUT2D eigenvalue weighted by molar-refractivity contribution is -0.125. The van der Waals surface area contributed by atoms with E-state index in [4.69, 9.17) is 0 Å². The summed E-state index contributed by atoms with van der Waals surface area (Å²) in [5, 5.41) is 16.4. The van der Waals surface area contributed by atoms with Crippen LogP contribution in [0.3, 0.4) is 0 Å². The third kappa shape index (κ3) is 4.09. The zero-order valence-electron chi connectivity index (χ0n) is 18.3. The number of aromatic nitrogens is 3. The van der Waals surface area contributed by atoms with Crippen LogP contribution < -0.4 is 10.6 Å². The number of hydrogen-bond donors (Lipinski definition) is 4. The molecule has 0 aliphatic heterocycles. The quantitative estimate of drug-likeness (QED) is 0.338. The summed E-state index contributed by atoms with van der Waals surface area (Å²) in [6, 6.07) is 10.7. The molecule has 0 radical (unpaired) electrons. The minimum Gasteiger partial charge on any atom is -0.494 e. The number of anilines is 2. The van der Waals surface area contributed by atoms with Gasteiger partial charge in [0.1, 0.15) is 22.8 Å². The maximum absolute atomic E-state index is 14.3. The average molecular weight is 451 g/mol. The number of fused-ring (bicyclic) bond motifs is 1. The number of rotatable bonds is 6. The summed E-state index contributed by atoms with van der Waals surface area (Å²) in [5.74, 6) is -1.84. The molecule has 0 spiro atoms. The van der Waals surface area contributed by atoms with Gasteiger partial charge in [-0.15, -0.1) is 0 Å². The van der Waals surface area contributed by atoms with Crippen LogP contribution in [-0.2, 0) is 10.2 Å². The summed E-state index contributed by atoms with van der Waals surface area (Å²) in [6.45, 7) is 6.07. The second-order valence-corrected chi connectivity index (χ2v) is 8.08. The smallest absolute Gasteiger partial charge is 0.230 e. The molecule has 0 aliphatic carbocycles. The molecule has 2 aromatic carbocycles. The first-order chi connectivity index (χ1) is 15.7. The van der Waals surface area contributed by atoms with Crippen LogP contribution in [0.25, 0.3) is 22.3 Å². The van der Waals surface area contributed by atoms with E-state index >= 15 is 0 Å². The third-order valence-electron chi connectivity index (χ3n) is 5.48. The fraction of sp³-hybridized carbons (Fsp3) is 0.208. The monoisotopic (exact) mass is 451 g/mol. The summed E-state index contributed by atoms with van der Waals surface area (Å²) in [5.41, 5.74) is 0.612. The Bertz CT molecular complexity index is 1310. The van der Waals surface area contributed by atoms with E-state index in [1.165, 1.54) is 12.3 Å². The van der Waals surface area contributed by atoms with Gasteiger partial charge in [-0.2, -0.15) is 0 Å². The average Bonchev–Trinajstić information content (AvgIpc) is 3.15. The van der Waals surface area contributed by atoms with E-state index in [-0.39, 0.29) is 39.9 Å². The van der Waals surface area contributed by atoms with Gasteiger partial charge in [-0.05, 0) is 50.6 Å². The molecule has 4 aromatic rings. The predicted molar refractivity (Wildman–Crippen MR) is 122 cm³/mol. The summed E-state index contributed by atoms with van der Waals surface area (Å²) in [4.78, 5) is 23.5. The molecule has 9 heteroatoms. The van der Waals surface area contributed by atoms with Crippen molar-refractivity contribution in [1.29, 1.82) is 0 Å². The molecule has 1 amide bonds. The lowest BCUT2D eigenvalue weighted by atomic mass is 9.83. The van der Waals surface area contributed by atoms with Gasteiger partial charge in [-0.3, -0.25) is 4.79 Å². The van der Waals surface area contributed by atoms with Crippen molar-refractivity contribution in [2.45, 2.75) is 26.2 Å². The highest BCUT2D eigenvalue weighted by molar-refractivity contribution is 5.96. The summed E-state index contributed by atoms with van der Waals surface area (Å²) >= 11 is 0. The van der Waals surface area contributed by atoms with Gasteiger partial charge in [0.05, 0.1) is 16.5 Å². The molecule has 4 N–H and O–H groups in total. The van der Waals surface area contributed by atoms with Gasteiger partial charge in [0.2, 0.25) is 11.8 Å². The molecule has 7 nitrogen and oxygen atoms in total. The standard InChI is InChI=1S/C24H23F2N5O2/c1-4-27-23(33)24(2,3)13-8-10-14(11-9-13)29-21-19-17(12-28-22(19)32)30-20(31-21)18-15(25)6-5-7-16(18)26/h5-12,28,32H,4H2,1-3H3,(H,27,33)(H,29,30,31). The minimum absolute atomic E-state index is 0.0861. The number of aromatic hydroxyl groups is 1. The summed E-state index contributed by atoms with van der Waals surface area (Å²) in [7, 11) is 0. The Balaban J connectivity index is 1.73. The fourth-order valence-electron chi connectivity index (χ4n) is 3.56. The zero-order valence-corrected chi connectivity index (χ0v) is 18.3. The Morgan fingerprint density at radius 2 is 1.76 bits per heavy atom. The minimum atomic E-state index is -0.794. The number of amides is 1. The normalized spacial score (nSPS) is 11.5. The van der Waals surface area contributed by atoms with E-state index in [2.05, 4.69) is 25.6 Å². The van der Waals surface area contributed by atoms with E-state index in [0.29, 0.717) is 12.2 Å². The van der Waals surface area contributed by atoms with Crippen molar-refractivity contribution >= 4 is 28.3 Å². The van der Waals surface area contributed by atoms with Gasteiger partial charge >= 0.3 is 0 Å². The van der Waals surface area contributed by atoms with Crippen LogP contribution in [0.1, 0.15) is 26.3 Å². The largest absolute Gasteiger partial charge is 0.494 e. The molecular formula is C24H23F2N5O2. The number of nitrogens with one attached hydrogen (secondary N) is 3. The van der Waals surface area contributed by atoms with Crippen LogP contribution in [0.5, 0.6) is 5.88 Å². The molecule has 0 saturated heterocycles. The highest BCUT2D eigenvalue weighted by atomic mass is 19.1. The van der Waals surface area contributed by atoms with E-state index in [0.717, 1.165) is 17.7 Å². The van der Waals surface area contributed by atoms with Gasteiger partial charge in [0, 0.05) is 18.4 Å². The molecule has 0 fully saturated rings. The maximum Gasteiger partial charge on any atom is 0.230 e. The number of likely N-dealkylation sites (N-methyl/N-ethyl adjacent to an activating group) is 1. The van der Waals surface area contributed by atoms with Crippen molar-refractivity contribution in [2.75, 3.05) is 11.9 Å². The number of aromatic amines is 1. The summed E-state index contributed by atoms with van der Waals surface area (Å²) < 4.78 is 28.7. The van der Waals surface area contributed by atoms with Gasteiger partial charge in [0.25, 0.3) is 0 Å². The molecule has 2 aromatic heterocycles. The Labute approximate surface area is 188 Å². The number of carbonyl (C=O) groups excluding carboxylic acids is 1. The van der Waals surface area contributed by atoms with E-state index in [1.807, 2.05) is 32.9 Å². The SMILES string of the molecule is CCNC(=O)C(C)(C)c1ccc(Nc2nc(-c3c(F)cccc3F)nc3c[nH]c(O)c23)cc1. The van der Waals surface area contributed by atoms with Crippen molar-refractivity contribution in [3.8, 4) is 17.3 Å². The molecular weight excluding hydrogens is 428 g/mol. The predicted octanol–water partition coefficient (Wildman–Crippen LogP) is 4.77. The number of nitrogens with zero attached hydrogens (tertiary/aromatic N) is 2. The lowest BCUT2D eigenvalue weighted by Gasteiger charge is -2.24. The Kier molecular flexibility index (Phi) is 5.71. The van der Waals surface area contributed by atoms with Crippen LogP contribution >= 0.6 is 0 Å². The molecule has 4 rings (SSSR count). The van der Waals surface area contributed by atoms with Gasteiger partial charge in [-0.1, -0.05) is 18.2 Å². The van der Waals surface area contributed by atoms with Gasteiger partial charge < -0.3 is 20.7 Å². The number of H-pyrrole nitrogens is 1. The maximum atomic E-state index is 14.3. The molecule has 2 heterocycles. The van der Waals surface area contributed by atoms with Crippen molar-refractivity contribution in [2.24, 2.45) is 0 Å². The van der Waals surface area contributed by atoms with Crippen molar-refractivity contribution in [3.05, 3.63) is 65.9 Å². The van der Waals surface area contributed by atoms with Gasteiger partial charge in [-0.25, -0.2) is 18.7 Å². The van der Waals surface area contributed by atoms with Crippen molar-refractivity contribution in [1.82, 2.24) is 20.3 Å². The zero-order chi connectivity index (χ0) is 23.8. The Morgan fingerprint density at radius 3 is 2.39 bits per heavy atom. The highest BCUT2D eigenvalue weighted by Crippen LogP contribution is 2.34. The van der Waals surface area contributed by atoms with Crippen LogP contribution in [-0.4, -0.2) is 32.5 Å². The van der Waals surface area contributed by atoms with E-state index in [9.17, 15) is 18.7 Å². The van der Waals surface area contributed by atoms with Crippen LogP contribution in [0.15, 0.2) is 48.7 Å². The van der Waals surface area contributed by atoms with E-state index < -0.39 is 17.0 Å². The second kappa shape index (κ2) is 8.50. The van der Waals surface area contributed by atoms with Crippen molar-refractivity contribution in [3.63, 3.8) is 0 Å². The number of benzene rings is 2. The van der Waals surface area contributed by atoms with Crippen molar-refractivity contribution < 1.29 is 18.7 Å². The molecule has 0 unspecified atom stereocenters. The topological polar surface area (TPSA) is 103 Å². The first-order valence-electron chi connectivity index (χ1n) is 10.4. The Morgan fingerprint density at radius 1 is 1.09 bits per heavy atom. The Hall–Kier alpha value is -4.01.